The molecule has 2 aromatic carbocycles. The number of benzene rings is 2. The predicted octanol–water partition coefficient (Wildman–Crippen LogP) is 3.61. The van der Waals surface area contributed by atoms with Gasteiger partial charge in [-0.15, -0.1) is 0 Å². The topological polar surface area (TPSA) is 106 Å². The summed E-state index contributed by atoms with van der Waals surface area (Å²) in [5.74, 6) is 0.825. The molecule has 2 aromatic rings. The van der Waals surface area contributed by atoms with Gasteiger partial charge in [-0.2, -0.15) is 0 Å². The van der Waals surface area contributed by atoms with Crippen molar-refractivity contribution in [3.05, 3.63) is 47.0 Å². The number of aliphatic imine (C=N–C) groups is 1. The van der Waals surface area contributed by atoms with Gasteiger partial charge in [0.1, 0.15) is 19.0 Å². The van der Waals surface area contributed by atoms with Crippen molar-refractivity contribution in [1.82, 2.24) is 4.72 Å². The molecule has 0 atom stereocenters. The molecule has 2 N–H and O–H groups in total. The van der Waals surface area contributed by atoms with Crippen molar-refractivity contribution < 1.29 is 22.7 Å². The molecule has 0 fully saturated rings. The summed E-state index contributed by atoms with van der Waals surface area (Å²) < 4.78 is 39.1. The third-order valence-corrected chi connectivity index (χ3v) is 6.55. The predicted molar refractivity (Wildman–Crippen MR) is 118 cm³/mol. The lowest BCUT2D eigenvalue weighted by molar-refractivity contribution is 0.102. The molecule has 2 aliphatic rings. The Bertz CT molecular complexity index is 1130. The molecule has 31 heavy (non-hydrogen) atoms. The van der Waals surface area contributed by atoms with E-state index in [1.165, 1.54) is 18.2 Å². The first-order valence-electron chi connectivity index (χ1n) is 9.99. The molecule has 10 heteroatoms. The number of fused-ring (bicyclic) bond motifs is 1. The van der Waals surface area contributed by atoms with Crippen molar-refractivity contribution in [1.29, 1.82) is 0 Å². The molecule has 8 nitrogen and oxygen atoms in total. The number of hydrogen-bond acceptors (Lipinski definition) is 6. The van der Waals surface area contributed by atoms with Crippen LogP contribution in [0.15, 0.2) is 46.3 Å². The summed E-state index contributed by atoms with van der Waals surface area (Å²) in [6, 6.07) is 9.07. The second-order valence-corrected chi connectivity index (χ2v) is 9.30. The Morgan fingerprint density at radius 2 is 1.90 bits per heavy atom. The van der Waals surface area contributed by atoms with Crippen LogP contribution in [-0.4, -0.2) is 39.9 Å². The van der Waals surface area contributed by atoms with Crippen molar-refractivity contribution in [2.24, 2.45) is 4.99 Å². The highest BCUT2D eigenvalue weighted by Gasteiger charge is 2.21. The fourth-order valence-corrected chi connectivity index (χ4v) is 4.76. The molecule has 0 aliphatic carbocycles. The number of sulfonamides is 1. The molecule has 2 heterocycles. The maximum Gasteiger partial charge on any atom is 0.262 e. The summed E-state index contributed by atoms with van der Waals surface area (Å²) in [4.78, 5) is 17.1. The average molecular weight is 464 g/mol. The highest BCUT2D eigenvalue weighted by Crippen LogP contribution is 2.38. The van der Waals surface area contributed by atoms with Crippen LogP contribution in [0.5, 0.6) is 11.5 Å². The first-order chi connectivity index (χ1) is 14.9. The number of ether oxygens (including phenoxy) is 2. The van der Waals surface area contributed by atoms with E-state index in [1.807, 2.05) is 0 Å². The molecular weight excluding hydrogens is 442 g/mol. The van der Waals surface area contributed by atoms with Crippen LogP contribution in [0.4, 0.5) is 5.69 Å². The van der Waals surface area contributed by atoms with E-state index in [0.717, 1.165) is 19.3 Å². The number of anilines is 1. The van der Waals surface area contributed by atoms with Crippen LogP contribution in [-0.2, 0) is 10.0 Å². The van der Waals surface area contributed by atoms with E-state index < -0.39 is 15.9 Å². The third-order valence-electron chi connectivity index (χ3n) is 4.89. The largest absolute Gasteiger partial charge is 0.486 e. The SMILES string of the molecule is O=C(Nc1cccc(S(=O)(=O)NC2=NCCCCC2)c1)c1cc(Cl)c2c(c1)OCCO2. The monoisotopic (exact) mass is 463 g/mol. The highest BCUT2D eigenvalue weighted by atomic mass is 35.5. The summed E-state index contributed by atoms with van der Waals surface area (Å²) in [6.45, 7) is 1.37. The Kier molecular flexibility index (Phi) is 6.33. The molecule has 0 spiro atoms. The van der Waals surface area contributed by atoms with Crippen LogP contribution >= 0.6 is 11.6 Å². The fourth-order valence-electron chi connectivity index (χ4n) is 3.36. The van der Waals surface area contributed by atoms with Crippen LogP contribution in [0.2, 0.25) is 5.02 Å². The molecule has 0 saturated heterocycles. The van der Waals surface area contributed by atoms with Gasteiger partial charge in [0, 0.05) is 24.2 Å². The van der Waals surface area contributed by atoms with Crippen LogP contribution in [0.25, 0.3) is 0 Å². The molecule has 2 aliphatic heterocycles. The standard InChI is InChI=1S/C21H22ClN3O5S/c22-17-11-14(12-18-20(17)30-10-9-29-18)21(26)24-15-5-4-6-16(13-15)31(27,28)25-19-7-2-1-3-8-23-19/h4-6,11-13H,1-3,7-10H2,(H,23,25)(H,24,26). The second-order valence-electron chi connectivity index (χ2n) is 7.21. The van der Waals surface area contributed by atoms with Crippen LogP contribution in [0.1, 0.15) is 36.0 Å². The van der Waals surface area contributed by atoms with Gasteiger partial charge in [0.15, 0.2) is 11.5 Å². The Morgan fingerprint density at radius 3 is 2.77 bits per heavy atom. The third kappa shape index (κ3) is 5.11. The van der Waals surface area contributed by atoms with Gasteiger partial charge in [0.25, 0.3) is 15.9 Å². The summed E-state index contributed by atoms with van der Waals surface area (Å²) in [6.07, 6.45) is 3.48. The van der Waals surface area contributed by atoms with Crippen LogP contribution < -0.4 is 19.5 Å². The van der Waals surface area contributed by atoms with Gasteiger partial charge in [0.2, 0.25) is 0 Å². The number of carbonyl (C=O) groups excluding carboxylic acids is 1. The first kappa shape index (κ1) is 21.5. The molecule has 164 valence electrons. The molecule has 0 aromatic heterocycles. The molecular formula is C21H22ClN3O5S. The van der Waals surface area contributed by atoms with Crippen molar-refractivity contribution in [3.8, 4) is 11.5 Å². The van der Waals surface area contributed by atoms with Crippen molar-refractivity contribution >= 4 is 39.1 Å². The highest BCUT2D eigenvalue weighted by molar-refractivity contribution is 7.90. The minimum Gasteiger partial charge on any atom is -0.486 e. The van der Waals surface area contributed by atoms with E-state index in [0.29, 0.717) is 49.2 Å². The van der Waals surface area contributed by atoms with Gasteiger partial charge in [-0.05, 0) is 43.2 Å². The number of nitrogens with zero attached hydrogens (tertiary/aromatic N) is 1. The van der Waals surface area contributed by atoms with Crippen molar-refractivity contribution in [3.63, 3.8) is 0 Å². The smallest absolute Gasteiger partial charge is 0.262 e. The van der Waals surface area contributed by atoms with E-state index in [4.69, 9.17) is 21.1 Å². The molecule has 0 saturated carbocycles. The van der Waals surface area contributed by atoms with Gasteiger partial charge < -0.3 is 14.8 Å². The summed E-state index contributed by atoms with van der Waals surface area (Å²) in [5, 5.41) is 2.97. The Morgan fingerprint density at radius 1 is 1.06 bits per heavy atom. The van der Waals surface area contributed by atoms with Gasteiger partial charge in [-0.3, -0.25) is 14.5 Å². The lowest BCUT2D eigenvalue weighted by Crippen LogP contribution is -2.30. The van der Waals surface area contributed by atoms with E-state index in [1.54, 1.807) is 18.2 Å². The maximum atomic E-state index is 12.8. The van der Waals surface area contributed by atoms with Gasteiger partial charge in [-0.1, -0.05) is 24.1 Å². The number of halogens is 1. The lowest BCUT2D eigenvalue weighted by Gasteiger charge is -2.20. The first-order valence-corrected chi connectivity index (χ1v) is 11.9. The van der Waals surface area contributed by atoms with Gasteiger partial charge in [-0.25, -0.2) is 8.42 Å². The zero-order valence-electron chi connectivity index (χ0n) is 16.7. The summed E-state index contributed by atoms with van der Waals surface area (Å²) in [5.41, 5.74) is 0.607. The normalized spacial score (nSPS) is 16.1. The van der Waals surface area contributed by atoms with Crippen molar-refractivity contribution in [2.75, 3.05) is 25.1 Å². The Balaban J connectivity index is 1.51. The second kappa shape index (κ2) is 9.15. The minimum atomic E-state index is -3.81. The fraction of sp³-hybridized carbons (Fsp3) is 0.333. The number of carbonyl (C=O) groups is 1. The van der Waals surface area contributed by atoms with Crippen LogP contribution in [0.3, 0.4) is 0 Å². The Hall–Kier alpha value is -2.78. The number of hydrogen-bond donors (Lipinski definition) is 2. The number of nitrogens with one attached hydrogen (secondary N) is 2. The minimum absolute atomic E-state index is 0.0393. The van der Waals surface area contributed by atoms with Gasteiger partial charge >= 0.3 is 0 Å². The summed E-state index contributed by atoms with van der Waals surface area (Å²) in [7, 11) is -3.81. The number of amides is 1. The van der Waals surface area contributed by atoms with E-state index in [2.05, 4.69) is 15.0 Å². The zero-order chi connectivity index (χ0) is 21.8. The van der Waals surface area contributed by atoms with E-state index in [-0.39, 0.29) is 15.5 Å². The van der Waals surface area contributed by atoms with E-state index in [9.17, 15) is 13.2 Å². The van der Waals surface area contributed by atoms with E-state index >= 15 is 0 Å². The van der Waals surface area contributed by atoms with Gasteiger partial charge in [0.05, 0.1) is 9.92 Å². The molecule has 4 rings (SSSR count). The lowest BCUT2D eigenvalue weighted by atomic mass is 10.1. The molecule has 0 unspecified atom stereocenters. The quantitative estimate of drug-likeness (QED) is 0.720. The average Bonchev–Trinajstić information content (AvgIpc) is 3.02. The number of amidine groups is 1. The van der Waals surface area contributed by atoms with Crippen molar-refractivity contribution in [2.45, 2.75) is 30.6 Å². The molecule has 1 amide bonds. The maximum absolute atomic E-state index is 12.8. The Labute approximate surface area is 185 Å². The molecule has 0 bridgehead atoms. The summed E-state index contributed by atoms with van der Waals surface area (Å²) >= 11 is 6.20. The number of rotatable bonds is 4. The zero-order valence-corrected chi connectivity index (χ0v) is 18.3. The van der Waals surface area contributed by atoms with Crippen LogP contribution in [0, 0.1) is 0 Å². The molecule has 0 radical (unpaired) electrons.